The van der Waals surface area contributed by atoms with Crippen molar-refractivity contribution in [3.05, 3.63) is 130 Å². The van der Waals surface area contributed by atoms with E-state index in [1.165, 1.54) is 35.2 Å². The molecule has 0 spiro atoms. The SMILES string of the molecule is CCOc1ccc(C(=O)c2c(NC(=O)CSc3nnc(-c4cccc(S(=O)(=O)Nc5ccccc5Cl)c4)n3-c3ccccc3)sc3c2CCC(C)C3)cc1. The summed E-state index contributed by atoms with van der Waals surface area (Å²) in [6, 6.07) is 29.5. The number of nitrogens with zero attached hydrogens (tertiary/aromatic N) is 3. The van der Waals surface area contributed by atoms with Gasteiger partial charge in [0.1, 0.15) is 10.8 Å². The second kappa shape index (κ2) is 16.2. The number of ketones is 1. The molecule has 1 atom stereocenters. The summed E-state index contributed by atoms with van der Waals surface area (Å²) in [5.41, 5.74) is 3.59. The number of ether oxygens (including phenoxy) is 1. The van der Waals surface area contributed by atoms with Crippen molar-refractivity contribution in [2.75, 3.05) is 22.4 Å². The Labute approximate surface area is 327 Å². The van der Waals surface area contributed by atoms with Gasteiger partial charge in [0.25, 0.3) is 10.0 Å². The molecule has 1 amide bonds. The van der Waals surface area contributed by atoms with Gasteiger partial charge in [-0.25, -0.2) is 8.42 Å². The van der Waals surface area contributed by atoms with E-state index in [2.05, 4.69) is 27.2 Å². The number of benzene rings is 4. The van der Waals surface area contributed by atoms with Crippen LogP contribution < -0.4 is 14.8 Å². The Morgan fingerprint density at radius 1 is 0.981 bits per heavy atom. The lowest BCUT2D eigenvalue weighted by atomic mass is 9.86. The molecule has 0 aliphatic heterocycles. The number of amides is 1. The van der Waals surface area contributed by atoms with Gasteiger partial charge in [0.15, 0.2) is 16.8 Å². The van der Waals surface area contributed by atoms with Gasteiger partial charge < -0.3 is 10.1 Å². The van der Waals surface area contributed by atoms with Crippen molar-refractivity contribution < 1.29 is 22.7 Å². The van der Waals surface area contributed by atoms with Crippen LogP contribution >= 0.6 is 34.7 Å². The molecule has 4 aromatic carbocycles. The molecule has 10 nitrogen and oxygen atoms in total. The Hall–Kier alpha value is -4.95. The number of para-hydroxylation sites is 2. The van der Waals surface area contributed by atoms with Gasteiger partial charge in [-0.05, 0) is 98.3 Å². The van der Waals surface area contributed by atoms with Gasteiger partial charge in [-0.3, -0.25) is 18.9 Å². The highest BCUT2D eigenvalue weighted by Crippen LogP contribution is 2.41. The summed E-state index contributed by atoms with van der Waals surface area (Å²) >= 11 is 8.89. The van der Waals surface area contributed by atoms with Crippen LogP contribution in [-0.4, -0.2) is 47.2 Å². The molecule has 1 aliphatic rings. The second-order valence-electron chi connectivity index (χ2n) is 12.8. The van der Waals surface area contributed by atoms with Gasteiger partial charge in [0, 0.05) is 21.7 Å². The molecule has 2 heterocycles. The monoisotopic (exact) mass is 797 g/mol. The number of thioether (sulfide) groups is 1. The number of carbonyl (C=O) groups is 2. The highest BCUT2D eigenvalue weighted by atomic mass is 35.5. The summed E-state index contributed by atoms with van der Waals surface area (Å²) in [7, 11) is -4.00. The van der Waals surface area contributed by atoms with Crippen LogP contribution in [0.4, 0.5) is 10.7 Å². The predicted molar refractivity (Wildman–Crippen MR) is 215 cm³/mol. The lowest BCUT2D eigenvalue weighted by Gasteiger charge is -2.18. The molecule has 0 radical (unpaired) electrons. The minimum atomic E-state index is -4.00. The smallest absolute Gasteiger partial charge is 0.261 e. The third-order valence-electron chi connectivity index (χ3n) is 8.92. The van der Waals surface area contributed by atoms with E-state index in [-0.39, 0.29) is 33.0 Å². The minimum Gasteiger partial charge on any atom is -0.494 e. The number of sulfonamides is 1. The lowest BCUT2D eigenvalue weighted by Crippen LogP contribution is -2.17. The molecule has 0 saturated heterocycles. The Bertz CT molecular complexity index is 2430. The Kier molecular flexibility index (Phi) is 11.2. The first-order chi connectivity index (χ1) is 26.1. The molecular weight excluding hydrogens is 762 g/mol. The fourth-order valence-electron chi connectivity index (χ4n) is 6.30. The van der Waals surface area contributed by atoms with Crippen LogP contribution in [0.5, 0.6) is 5.75 Å². The molecule has 276 valence electrons. The molecule has 2 aromatic heterocycles. The van der Waals surface area contributed by atoms with Crippen molar-refractivity contribution in [3.63, 3.8) is 0 Å². The van der Waals surface area contributed by atoms with E-state index in [0.29, 0.717) is 50.9 Å². The highest BCUT2D eigenvalue weighted by Gasteiger charge is 2.29. The molecular formula is C40H36ClN5O5S3. The molecule has 0 fully saturated rings. The van der Waals surface area contributed by atoms with E-state index in [0.717, 1.165) is 35.4 Å². The lowest BCUT2D eigenvalue weighted by molar-refractivity contribution is -0.113. The first-order valence-electron chi connectivity index (χ1n) is 17.3. The standard InChI is InChI=1S/C40H36ClN5O5S3/c1-3-51-29-19-17-26(18-20-29)37(48)36-31-21-16-25(2)22-34(31)53-39(36)42-35(47)24-52-40-44-43-38(46(40)28-11-5-4-6-12-28)27-10-9-13-30(23-27)54(49,50)45-33-15-8-7-14-32(33)41/h4-15,17-20,23,25,45H,3,16,21-22,24H2,1-2H3,(H,42,47). The molecule has 1 aliphatic carbocycles. The average molecular weight is 798 g/mol. The van der Waals surface area contributed by atoms with Gasteiger partial charge in [-0.15, -0.1) is 21.5 Å². The molecule has 7 rings (SSSR count). The molecule has 0 saturated carbocycles. The van der Waals surface area contributed by atoms with Crippen LogP contribution in [0.1, 0.15) is 46.6 Å². The van der Waals surface area contributed by atoms with E-state index in [1.807, 2.05) is 37.3 Å². The third kappa shape index (κ3) is 8.09. The van der Waals surface area contributed by atoms with Gasteiger partial charge in [0.05, 0.1) is 33.5 Å². The highest BCUT2D eigenvalue weighted by molar-refractivity contribution is 7.99. The van der Waals surface area contributed by atoms with Crippen LogP contribution in [0, 0.1) is 5.92 Å². The maximum atomic E-state index is 14.0. The van der Waals surface area contributed by atoms with Crippen LogP contribution in [0.3, 0.4) is 0 Å². The number of fused-ring (bicyclic) bond motifs is 1. The van der Waals surface area contributed by atoms with Crippen LogP contribution in [0.15, 0.2) is 113 Å². The van der Waals surface area contributed by atoms with Crippen molar-refractivity contribution in [2.45, 2.75) is 43.2 Å². The Morgan fingerprint density at radius 2 is 1.74 bits per heavy atom. The van der Waals surface area contributed by atoms with E-state index in [4.69, 9.17) is 16.3 Å². The number of hydrogen-bond donors (Lipinski definition) is 2. The minimum absolute atomic E-state index is 0.0136. The zero-order chi connectivity index (χ0) is 37.8. The normalized spacial score (nSPS) is 13.9. The quantitative estimate of drug-likeness (QED) is 0.0875. The maximum Gasteiger partial charge on any atom is 0.261 e. The summed E-state index contributed by atoms with van der Waals surface area (Å²) in [5, 5.41) is 13.2. The molecule has 1 unspecified atom stereocenters. The van der Waals surface area contributed by atoms with Crippen molar-refractivity contribution in [1.29, 1.82) is 0 Å². The fraction of sp³-hybridized carbons (Fsp3) is 0.200. The topological polar surface area (TPSA) is 132 Å². The van der Waals surface area contributed by atoms with E-state index in [1.54, 1.807) is 65.2 Å². The molecule has 2 N–H and O–H groups in total. The second-order valence-corrected chi connectivity index (χ2v) is 16.9. The van der Waals surface area contributed by atoms with Crippen molar-refractivity contribution in [2.24, 2.45) is 5.92 Å². The van der Waals surface area contributed by atoms with Crippen LogP contribution in [0.25, 0.3) is 17.1 Å². The number of halogens is 1. The molecule has 54 heavy (non-hydrogen) atoms. The van der Waals surface area contributed by atoms with Gasteiger partial charge in [-0.2, -0.15) is 0 Å². The predicted octanol–water partition coefficient (Wildman–Crippen LogP) is 8.94. The molecule has 0 bridgehead atoms. The number of nitrogens with one attached hydrogen (secondary N) is 2. The maximum absolute atomic E-state index is 14.0. The van der Waals surface area contributed by atoms with Crippen LogP contribution in [0.2, 0.25) is 5.02 Å². The summed E-state index contributed by atoms with van der Waals surface area (Å²) in [6.07, 6.45) is 2.60. The zero-order valence-electron chi connectivity index (χ0n) is 29.4. The molecule has 14 heteroatoms. The van der Waals surface area contributed by atoms with Gasteiger partial charge in [0.2, 0.25) is 5.91 Å². The van der Waals surface area contributed by atoms with Gasteiger partial charge >= 0.3 is 0 Å². The zero-order valence-corrected chi connectivity index (χ0v) is 32.6. The summed E-state index contributed by atoms with van der Waals surface area (Å²) in [5.74, 6) is 1.12. The summed E-state index contributed by atoms with van der Waals surface area (Å²) in [6.45, 7) is 4.64. The van der Waals surface area contributed by atoms with E-state index >= 15 is 0 Å². The number of aromatic nitrogens is 3. The fourth-order valence-corrected chi connectivity index (χ4v) is 9.84. The van der Waals surface area contributed by atoms with E-state index in [9.17, 15) is 18.0 Å². The van der Waals surface area contributed by atoms with Crippen molar-refractivity contribution >= 4 is 67.1 Å². The summed E-state index contributed by atoms with van der Waals surface area (Å²) in [4.78, 5) is 28.8. The number of thiophene rings is 1. The first kappa shape index (κ1) is 37.4. The Morgan fingerprint density at radius 3 is 2.50 bits per heavy atom. The largest absolute Gasteiger partial charge is 0.494 e. The van der Waals surface area contributed by atoms with Gasteiger partial charge in [-0.1, -0.05) is 72.8 Å². The van der Waals surface area contributed by atoms with Crippen molar-refractivity contribution in [1.82, 2.24) is 14.8 Å². The average Bonchev–Trinajstić information content (AvgIpc) is 3.76. The first-order valence-corrected chi connectivity index (χ1v) is 21.0. The number of carbonyl (C=O) groups excluding carboxylic acids is 2. The molecule has 6 aromatic rings. The third-order valence-corrected chi connectivity index (χ3v) is 12.7. The van der Waals surface area contributed by atoms with Crippen LogP contribution in [-0.2, 0) is 27.7 Å². The number of hydrogen-bond acceptors (Lipinski definition) is 9. The summed E-state index contributed by atoms with van der Waals surface area (Å²) < 4.78 is 36.7. The Balaban J connectivity index is 1.15. The number of rotatable bonds is 13. The van der Waals surface area contributed by atoms with Crippen molar-refractivity contribution in [3.8, 4) is 22.8 Å². The number of anilines is 2. The van der Waals surface area contributed by atoms with E-state index < -0.39 is 10.0 Å².